The number of methoxy groups -OCH3 is 1. The largest absolute Gasteiger partial charge is 0.497 e. The molecule has 0 bridgehead atoms. The maximum Gasteiger partial charge on any atom is 0.331 e. The maximum atomic E-state index is 12.0. The summed E-state index contributed by atoms with van der Waals surface area (Å²) in [5.41, 5.74) is 4.22. The van der Waals surface area contributed by atoms with Gasteiger partial charge < -0.3 is 14.8 Å². The molecule has 0 saturated carbocycles. The third-order valence-electron chi connectivity index (χ3n) is 4.28. The monoisotopic (exact) mass is 367 g/mol. The van der Waals surface area contributed by atoms with Gasteiger partial charge >= 0.3 is 5.97 Å². The van der Waals surface area contributed by atoms with E-state index in [1.54, 1.807) is 25.3 Å². The fraction of sp³-hybridized carbons (Fsp3) is 0.273. The van der Waals surface area contributed by atoms with Crippen LogP contribution in [0.3, 0.4) is 0 Å². The standard InChI is InChI=1S/C22H25NO4/c1-15-5-9-19(13-16(15)2)17(3)23-21(24)14-27-22(25)12-8-18-6-10-20(26-4)11-7-18/h5-13,17H,14H2,1-4H3,(H,23,24)/b12-8+/t17-/m1/s1. The highest BCUT2D eigenvalue weighted by molar-refractivity contribution is 5.89. The van der Waals surface area contributed by atoms with Gasteiger partial charge in [0.05, 0.1) is 13.2 Å². The molecule has 0 aliphatic heterocycles. The lowest BCUT2D eigenvalue weighted by atomic mass is 10.0. The first-order chi connectivity index (χ1) is 12.9. The first-order valence-corrected chi connectivity index (χ1v) is 8.74. The molecule has 142 valence electrons. The molecule has 0 aliphatic carbocycles. The Kier molecular flexibility index (Phi) is 7.17. The Morgan fingerprint density at radius 2 is 1.78 bits per heavy atom. The van der Waals surface area contributed by atoms with Gasteiger partial charge in [0.15, 0.2) is 6.61 Å². The van der Waals surface area contributed by atoms with Gasteiger partial charge in [-0.1, -0.05) is 30.3 Å². The summed E-state index contributed by atoms with van der Waals surface area (Å²) in [6.07, 6.45) is 2.92. The van der Waals surface area contributed by atoms with Crippen molar-refractivity contribution in [3.8, 4) is 5.75 Å². The van der Waals surface area contributed by atoms with Crippen molar-refractivity contribution in [2.24, 2.45) is 0 Å². The second-order valence-corrected chi connectivity index (χ2v) is 6.35. The second kappa shape index (κ2) is 9.57. The lowest BCUT2D eigenvalue weighted by Gasteiger charge is -2.15. The number of amides is 1. The van der Waals surface area contributed by atoms with Crippen molar-refractivity contribution < 1.29 is 19.1 Å². The van der Waals surface area contributed by atoms with E-state index >= 15 is 0 Å². The molecule has 1 amide bonds. The van der Waals surface area contributed by atoms with Gasteiger partial charge in [0.2, 0.25) is 0 Å². The van der Waals surface area contributed by atoms with Crippen molar-refractivity contribution in [1.29, 1.82) is 0 Å². The smallest absolute Gasteiger partial charge is 0.331 e. The molecule has 0 unspecified atom stereocenters. The molecule has 2 aromatic carbocycles. The van der Waals surface area contributed by atoms with Crippen LogP contribution in [0.4, 0.5) is 0 Å². The Morgan fingerprint density at radius 3 is 2.41 bits per heavy atom. The Morgan fingerprint density at radius 1 is 1.07 bits per heavy atom. The lowest BCUT2D eigenvalue weighted by molar-refractivity contribution is -0.144. The number of benzene rings is 2. The first kappa shape index (κ1) is 20.2. The summed E-state index contributed by atoms with van der Waals surface area (Å²) in [6.45, 7) is 5.65. The molecule has 0 heterocycles. The van der Waals surface area contributed by atoms with Gasteiger partial charge in [-0.3, -0.25) is 4.79 Å². The van der Waals surface area contributed by atoms with Gasteiger partial charge in [0, 0.05) is 6.08 Å². The van der Waals surface area contributed by atoms with E-state index in [1.165, 1.54) is 17.2 Å². The highest BCUT2D eigenvalue weighted by atomic mass is 16.5. The molecule has 1 N–H and O–H groups in total. The zero-order chi connectivity index (χ0) is 19.8. The molecule has 27 heavy (non-hydrogen) atoms. The van der Waals surface area contributed by atoms with E-state index < -0.39 is 5.97 Å². The number of aryl methyl sites for hydroxylation is 2. The lowest BCUT2D eigenvalue weighted by Crippen LogP contribution is -2.31. The van der Waals surface area contributed by atoms with Crippen LogP contribution in [0, 0.1) is 13.8 Å². The van der Waals surface area contributed by atoms with E-state index in [1.807, 2.05) is 51.1 Å². The highest BCUT2D eigenvalue weighted by Gasteiger charge is 2.11. The number of rotatable bonds is 7. The van der Waals surface area contributed by atoms with E-state index in [0.29, 0.717) is 0 Å². The quantitative estimate of drug-likeness (QED) is 0.598. The number of carbonyl (C=O) groups excluding carboxylic acids is 2. The minimum absolute atomic E-state index is 0.162. The molecule has 1 atom stereocenters. The number of carbonyl (C=O) groups is 2. The van der Waals surface area contributed by atoms with Gasteiger partial charge in [0.1, 0.15) is 5.75 Å². The molecule has 2 rings (SSSR count). The zero-order valence-electron chi connectivity index (χ0n) is 16.1. The highest BCUT2D eigenvalue weighted by Crippen LogP contribution is 2.16. The van der Waals surface area contributed by atoms with Crippen LogP contribution in [0.15, 0.2) is 48.5 Å². The summed E-state index contributed by atoms with van der Waals surface area (Å²) < 4.78 is 10.1. The van der Waals surface area contributed by atoms with E-state index in [9.17, 15) is 9.59 Å². The fourth-order valence-corrected chi connectivity index (χ4v) is 2.46. The van der Waals surface area contributed by atoms with E-state index in [-0.39, 0.29) is 18.6 Å². The summed E-state index contributed by atoms with van der Waals surface area (Å²) in [6, 6.07) is 13.1. The molecule has 0 aromatic heterocycles. The molecular weight excluding hydrogens is 342 g/mol. The summed E-state index contributed by atoms with van der Waals surface area (Å²) in [5.74, 6) is -0.170. The molecule has 2 aromatic rings. The average molecular weight is 367 g/mol. The molecule has 0 radical (unpaired) electrons. The number of ether oxygens (including phenoxy) is 2. The van der Waals surface area contributed by atoms with E-state index in [4.69, 9.17) is 9.47 Å². The van der Waals surface area contributed by atoms with Gasteiger partial charge in [-0.25, -0.2) is 4.79 Å². The third kappa shape index (κ3) is 6.29. The van der Waals surface area contributed by atoms with Gasteiger partial charge in [-0.05, 0) is 61.2 Å². The minimum atomic E-state index is -0.570. The predicted octanol–water partition coefficient (Wildman–Crippen LogP) is 3.75. The van der Waals surface area contributed by atoms with Crippen molar-refractivity contribution in [3.05, 3.63) is 70.8 Å². The van der Waals surface area contributed by atoms with Crippen molar-refractivity contribution in [2.45, 2.75) is 26.8 Å². The molecule has 0 saturated heterocycles. The molecular formula is C22H25NO4. The van der Waals surface area contributed by atoms with Crippen LogP contribution in [0.25, 0.3) is 6.08 Å². The summed E-state index contributed by atoms with van der Waals surface area (Å²) >= 11 is 0. The Hall–Kier alpha value is -3.08. The first-order valence-electron chi connectivity index (χ1n) is 8.74. The van der Waals surface area contributed by atoms with E-state index in [0.717, 1.165) is 16.9 Å². The third-order valence-corrected chi connectivity index (χ3v) is 4.28. The van der Waals surface area contributed by atoms with E-state index in [2.05, 4.69) is 5.32 Å². The van der Waals surface area contributed by atoms with Gasteiger partial charge in [0.25, 0.3) is 5.91 Å². The Bertz CT molecular complexity index is 825. The summed E-state index contributed by atoms with van der Waals surface area (Å²) in [5, 5.41) is 2.83. The van der Waals surface area contributed by atoms with Gasteiger partial charge in [-0.15, -0.1) is 0 Å². The van der Waals surface area contributed by atoms with Crippen LogP contribution in [-0.4, -0.2) is 25.6 Å². The molecule has 5 heteroatoms. The second-order valence-electron chi connectivity index (χ2n) is 6.35. The maximum absolute atomic E-state index is 12.0. The van der Waals surface area contributed by atoms with Crippen LogP contribution in [0.1, 0.15) is 35.2 Å². The van der Waals surface area contributed by atoms with Crippen LogP contribution >= 0.6 is 0 Å². The normalized spacial score (nSPS) is 11.9. The summed E-state index contributed by atoms with van der Waals surface area (Å²) in [4.78, 5) is 23.8. The number of hydrogen-bond donors (Lipinski definition) is 1. The number of hydrogen-bond acceptors (Lipinski definition) is 4. The van der Waals surface area contributed by atoms with Crippen LogP contribution in [0.5, 0.6) is 5.75 Å². The van der Waals surface area contributed by atoms with Crippen molar-refractivity contribution in [3.63, 3.8) is 0 Å². The van der Waals surface area contributed by atoms with Crippen LogP contribution < -0.4 is 10.1 Å². The Labute approximate surface area is 160 Å². The SMILES string of the molecule is COc1ccc(/C=C/C(=O)OCC(=O)N[C@H](C)c2ccc(C)c(C)c2)cc1. The van der Waals surface area contributed by atoms with Crippen molar-refractivity contribution >= 4 is 18.0 Å². The summed E-state index contributed by atoms with van der Waals surface area (Å²) in [7, 11) is 1.59. The molecule has 0 fully saturated rings. The predicted molar refractivity (Wildman–Crippen MR) is 105 cm³/mol. The zero-order valence-corrected chi connectivity index (χ0v) is 16.1. The van der Waals surface area contributed by atoms with Crippen molar-refractivity contribution in [1.82, 2.24) is 5.32 Å². The topological polar surface area (TPSA) is 64.6 Å². The average Bonchev–Trinajstić information content (AvgIpc) is 2.67. The van der Waals surface area contributed by atoms with Gasteiger partial charge in [-0.2, -0.15) is 0 Å². The molecule has 5 nitrogen and oxygen atoms in total. The number of esters is 1. The fourth-order valence-electron chi connectivity index (χ4n) is 2.46. The van der Waals surface area contributed by atoms with Crippen molar-refractivity contribution in [2.75, 3.05) is 13.7 Å². The number of nitrogens with one attached hydrogen (secondary N) is 1. The molecule has 0 spiro atoms. The van der Waals surface area contributed by atoms with Crippen LogP contribution in [-0.2, 0) is 14.3 Å². The minimum Gasteiger partial charge on any atom is -0.497 e. The Balaban J connectivity index is 1.80. The molecule has 0 aliphatic rings. The van der Waals surface area contributed by atoms with Crippen LogP contribution in [0.2, 0.25) is 0 Å².